The predicted molar refractivity (Wildman–Crippen MR) is 131 cm³/mol. The number of hydrogen-bond acceptors (Lipinski definition) is 9. The van der Waals surface area contributed by atoms with Crippen LogP contribution in [0, 0.1) is 11.3 Å². The van der Waals surface area contributed by atoms with Crippen LogP contribution < -0.4 is 10.2 Å². The summed E-state index contributed by atoms with van der Waals surface area (Å²) in [5, 5.41) is 13.0. The van der Waals surface area contributed by atoms with Gasteiger partial charge < -0.3 is 20.1 Å². The number of aromatic amines is 1. The molecule has 4 aromatic rings. The number of halogens is 3. The summed E-state index contributed by atoms with van der Waals surface area (Å²) >= 11 is 0. The Bertz CT molecular complexity index is 1450. The highest BCUT2D eigenvalue weighted by Gasteiger charge is 2.31. The Morgan fingerprint density at radius 2 is 1.78 bits per heavy atom. The number of nitrogens with one attached hydrogen (secondary N) is 2. The second-order valence-electron chi connectivity index (χ2n) is 8.86. The van der Waals surface area contributed by atoms with E-state index < -0.39 is 11.7 Å². The number of alkyl halides is 3. The molecule has 0 unspecified atom stereocenters. The second-order valence-corrected chi connectivity index (χ2v) is 8.86. The highest BCUT2D eigenvalue weighted by molar-refractivity contribution is 5.94. The summed E-state index contributed by atoms with van der Waals surface area (Å²) in [6.07, 6.45) is 2.52. The number of fused-ring (bicyclic) bond motifs is 1. The van der Waals surface area contributed by atoms with E-state index in [2.05, 4.69) is 52.1 Å². The van der Waals surface area contributed by atoms with Crippen molar-refractivity contribution in [2.45, 2.75) is 19.1 Å². The SMILES string of the molecule is C[C@@H](Nc1ncc(C#N)c(-c2c[nH]c3ncc(C(F)(F)F)cc23)n1)c1cnc(N2CCN(C)CC2)nc1. The molecule has 0 bridgehead atoms. The first-order chi connectivity index (χ1) is 17.7. The van der Waals surface area contributed by atoms with Gasteiger partial charge in [0.15, 0.2) is 0 Å². The number of hydrogen-bond donors (Lipinski definition) is 2. The van der Waals surface area contributed by atoms with Crippen molar-refractivity contribution in [3.63, 3.8) is 0 Å². The number of H-pyrrole nitrogens is 1. The summed E-state index contributed by atoms with van der Waals surface area (Å²) in [6.45, 7) is 5.51. The molecule has 13 heteroatoms. The number of rotatable bonds is 5. The summed E-state index contributed by atoms with van der Waals surface area (Å²) < 4.78 is 39.8. The van der Waals surface area contributed by atoms with Crippen molar-refractivity contribution in [1.82, 2.24) is 34.8 Å². The van der Waals surface area contributed by atoms with Crippen LogP contribution in [0.15, 0.2) is 37.1 Å². The Hall–Kier alpha value is -4.31. The Kier molecular flexibility index (Phi) is 6.34. The van der Waals surface area contributed by atoms with E-state index in [9.17, 15) is 18.4 Å². The standard InChI is InChI=1S/C24H23F3N10/c1-14(16-10-32-23(33-11-16)37-5-3-36(2)4-6-37)34-22-31-9-15(8-28)20(35-22)19-13-30-21-18(19)7-17(12-29-21)24(25,26)27/h7,9-14H,3-6H2,1-2H3,(H,29,30)(H,31,34,35)/t14-/m1/s1. The molecule has 0 amide bonds. The summed E-state index contributed by atoms with van der Waals surface area (Å²) in [7, 11) is 2.08. The highest BCUT2D eigenvalue weighted by Crippen LogP contribution is 2.35. The Morgan fingerprint density at radius 1 is 1.05 bits per heavy atom. The number of piperazine rings is 1. The number of aromatic nitrogens is 6. The number of likely N-dealkylation sites (N-methyl/N-ethyl adjacent to an activating group) is 1. The van der Waals surface area contributed by atoms with Crippen LogP contribution in [0.25, 0.3) is 22.3 Å². The molecule has 190 valence electrons. The molecule has 0 spiro atoms. The van der Waals surface area contributed by atoms with Crippen molar-refractivity contribution < 1.29 is 13.2 Å². The molecular formula is C24H23F3N10. The molecular weight excluding hydrogens is 485 g/mol. The van der Waals surface area contributed by atoms with Crippen molar-refractivity contribution in [3.8, 4) is 17.3 Å². The number of nitrogens with zero attached hydrogens (tertiary/aromatic N) is 8. The minimum absolute atomic E-state index is 0.122. The van der Waals surface area contributed by atoms with E-state index in [1.54, 1.807) is 12.4 Å². The van der Waals surface area contributed by atoms with E-state index in [-0.39, 0.29) is 34.3 Å². The number of anilines is 2. The lowest BCUT2D eigenvalue weighted by Gasteiger charge is -2.32. The largest absolute Gasteiger partial charge is 0.417 e. The molecule has 0 aromatic carbocycles. The molecule has 5 heterocycles. The average molecular weight is 509 g/mol. The molecule has 1 atom stereocenters. The third-order valence-corrected chi connectivity index (χ3v) is 6.31. The third-order valence-electron chi connectivity index (χ3n) is 6.31. The van der Waals surface area contributed by atoms with Gasteiger partial charge in [0.05, 0.1) is 29.1 Å². The van der Waals surface area contributed by atoms with Gasteiger partial charge in [0.25, 0.3) is 0 Å². The second kappa shape index (κ2) is 9.62. The van der Waals surface area contributed by atoms with E-state index in [1.165, 1.54) is 12.4 Å². The van der Waals surface area contributed by atoms with Crippen LogP contribution in [0.3, 0.4) is 0 Å². The molecule has 1 aliphatic rings. The molecule has 0 aliphatic carbocycles. The smallest absolute Gasteiger partial charge is 0.348 e. The van der Waals surface area contributed by atoms with Crippen LogP contribution in [-0.2, 0) is 6.18 Å². The normalized spacial score (nSPS) is 15.5. The van der Waals surface area contributed by atoms with E-state index in [0.29, 0.717) is 11.5 Å². The van der Waals surface area contributed by atoms with Gasteiger partial charge in [-0.05, 0) is 20.0 Å². The Labute approximate surface area is 210 Å². The van der Waals surface area contributed by atoms with Gasteiger partial charge in [-0.1, -0.05) is 0 Å². The van der Waals surface area contributed by atoms with Crippen molar-refractivity contribution in [1.29, 1.82) is 5.26 Å². The van der Waals surface area contributed by atoms with Crippen molar-refractivity contribution in [3.05, 3.63) is 53.7 Å². The summed E-state index contributed by atoms with van der Waals surface area (Å²) in [5.74, 6) is 0.881. The van der Waals surface area contributed by atoms with Gasteiger partial charge in [0.2, 0.25) is 11.9 Å². The quantitative estimate of drug-likeness (QED) is 0.416. The summed E-state index contributed by atoms with van der Waals surface area (Å²) in [5.41, 5.74) is 0.811. The summed E-state index contributed by atoms with van der Waals surface area (Å²) in [6, 6.07) is 2.73. The van der Waals surface area contributed by atoms with Gasteiger partial charge in [-0.2, -0.15) is 18.4 Å². The fraction of sp³-hybridized carbons (Fsp3) is 0.333. The lowest BCUT2D eigenvalue weighted by Crippen LogP contribution is -2.45. The van der Waals surface area contributed by atoms with E-state index in [1.807, 2.05) is 13.0 Å². The van der Waals surface area contributed by atoms with Gasteiger partial charge in [-0.25, -0.2) is 24.9 Å². The maximum atomic E-state index is 13.3. The molecule has 0 radical (unpaired) electrons. The van der Waals surface area contributed by atoms with Gasteiger partial charge >= 0.3 is 6.18 Å². The van der Waals surface area contributed by atoms with E-state index >= 15 is 0 Å². The molecule has 4 aromatic heterocycles. The van der Waals surface area contributed by atoms with Crippen LogP contribution in [0.1, 0.15) is 29.7 Å². The van der Waals surface area contributed by atoms with Crippen molar-refractivity contribution >= 4 is 22.9 Å². The van der Waals surface area contributed by atoms with E-state index in [0.717, 1.165) is 44.0 Å². The fourth-order valence-electron chi connectivity index (χ4n) is 4.09. The van der Waals surface area contributed by atoms with Crippen LogP contribution in [0.4, 0.5) is 25.1 Å². The maximum absolute atomic E-state index is 13.3. The zero-order valence-electron chi connectivity index (χ0n) is 20.1. The topological polar surface area (TPSA) is 123 Å². The Morgan fingerprint density at radius 3 is 2.46 bits per heavy atom. The monoisotopic (exact) mass is 508 g/mol. The molecule has 1 saturated heterocycles. The Balaban J connectivity index is 1.40. The molecule has 37 heavy (non-hydrogen) atoms. The zero-order chi connectivity index (χ0) is 26.2. The lowest BCUT2D eigenvalue weighted by molar-refractivity contribution is -0.137. The minimum Gasteiger partial charge on any atom is -0.348 e. The first-order valence-electron chi connectivity index (χ1n) is 11.6. The van der Waals surface area contributed by atoms with Crippen LogP contribution in [0.2, 0.25) is 0 Å². The maximum Gasteiger partial charge on any atom is 0.417 e. The van der Waals surface area contributed by atoms with Gasteiger partial charge in [0.1, 0.15) is 11.7 Å². The van der Waals surface area contributed by atoms with Gasteiger partial charge in [-0.15, -0.1) is 0 Å². The van der Waals surface area contributed by atoms with Crippen molar-refractivity contribution in [2.75, 3.05) is 43.4 Å². The molecule has 1 fully saturated rings. The number of pyridine rings is 1. The predicted octanol–water partition coefficient (Wildman–Crippen LogP) is 3.63. The fourth-order valence-corrected chi connectivity index (χ4v) is 4.09. The highest BCUT2D eigenvalue weighted by atomic mass is 19.4. The van der Waals surface area contributed by atoms with Crippen LogP contribution >= 0.6 is 0 Å². The van der Waals surface area contributed by atoms with Gasteiger partial charge in [-0.3, -0.25) is 0 Å². The van der Waals surface area contributed by atoms with E-state index in [4.69, 9.17) is 0 Å². The third kappa shape index (κ3) is 5.01. The van der Waals surface area contributed by atoms with Crippen molar-refractivity contribution in [2.24, 2.45) is 0 Å². The van der Waals surface area contributed by atoms with Gasteiger partial charge in [0, 0.05) is 67.5 Å². The average Bonchev–Trinajstić information content (AvgIpc) is 3.32. The molecule has 10 nitrogen and oxygen atoms in total. The first-order valence-corrected chi connectivity index (χ1v) is 11.6. The molecule has 1 aliphatic heterocycles. The van der Waals surface area contributed by atoms with Crippen LogP contribution in [0.5, 0.6) is 0 Å². The molecule has 5 rings (SSSR count). The minimum atomic E-state index is -4.55. The lowest BCUT2D eigenvalue weighted by atomic mass is 10.1. The zero-order valence-corrected chi connectivity index (χ0v) is 20.1. The summed E-state index contributed by atoms with van der Waals surface area (Å²) in [4.78, 5) is 28.8. The molecule has 2 N–H and O–H groups in total. The van der Waals surface area contributed by atoms with Crippen LogP contribution in [-0.4, -0.2) is 68.0 Å². The molecule has 0 saturated carbocycles. The first kappa shape index (κ1) is 24.4. The number of nitriles is 1.